The first-order valence-electron chi connectivity index (χ1n) is 8.95. The Hall–Kier alpha value is -1.84. The lowest BCUT2D eigenvalue weighted by Gasteiger charge is -2.46. The van der Waals surface area contributed by atoms with Gasteiger partial charge in [0.15, 0.2) is 0 Å². The molecule has 2 aliphatic rings. The molecule has 0 spiro atoms. The van der Waals surface area contributed by atoms with Crippen molar-refractivity contribution in [1.82, 2.24) is 10.4 Å². The number of nitrogens with one attached hydrogen (secondary N) is 1. The summed E-state index contributed by atoms with van der Waals surface area (Å²) in [4.78, 5) is 0. The van der Waals surface area contributed by atoms with Crippen molar-refractivity contribution in [2.24, 2.45) is 5.92 Å². The zero-order valence-corrected chi connectivity index (χ0v) is 14.9. The van der Waals surface area contributed by atoms with Crippen molar-refractivity contribution < 1.29 is 0 Å². The fraction of sp³-hybridized carbons (Fsp3) is 0.429. The third kappa shape index (κ3) is 3.06. The van der Waals surface area contributed by atoms with Gasteiger partial charge in [-0.15, -0.1) is 0 Å². The van der Waals surface area contributed by atoms with E-state index in [9.17, 15) is 5.21 Å². The van der Waals surface area contributed by atoms with E-state index in [0.29, 0.717) is 12.6 Å². The summed E-state index contributed by atoms with van der Waals surface area (Å²) in [6.07, 6.45) is 11.4. The van der Waals surface area contributed by atoms with Crippen LogP contribution >= 0.6 is 0 Å². The summed E-state index contributed by atoms with van der Waals surface area (Å²) >= 11 is 0. The molecule has 3 rings (SSSR count). The highest BCUT2D eigenvalue weighted by Crippen LogP contribution is 2.36. The molecule has 0 radical (unpaired) electrons. The lowest BCUT2D eigenvalue weighted by Crippen LogP contribution is -2.46. The first-order chi connectivity index (χ1) is 11.6. The van der Waals surface area contributed by atoms with Crippen LogP contribution in [0.4, 0.5) is 0 Å². The maximum Gasteiger partial charge on any atom is 0.0568 e. The number of fused-ring (bicyclic) bond motifs is 2. The van der Waals surface area contributed by atoms with Crippen LogP contribution < -0.4 is 5.32 Å². The second-order valence-corrected chi connectivity index (χ2v) is 6.96. The number of rotatable bonds is 6. The smallest absolute Gasteiger partial charge is 0.0568 e. The Bertz CT molecular complexity index is 683. The highest BCUT2D eigenvalue weighted by atomic mass is 16.5. The second-order valence-electron chi connectivity index (χ2n) is 6.96. The minimum absolute atomic E-state index is 0.311. The van der Waals surface area contributed by atoms with Crippen LogP contribution in [-0.4, -0.2) is 17.3 Å². The summed E-state index contributed by atoms with van der Waals surface area (Å²) in [5.74, 6) is 0.399. The van der Waals surface area contributed by atoms with Crippen molar-refractivity contribution in [3.63, 3.8) is 0 Å². The molecule has 3 heteroatoms. The van der Waals surface area contributed by atoms with E-state index in [0.717, 1.165) is 25.0 Å². The Morgan fingerprint density at radius 1 is 1.21 bits per heavy atom. The molecule has 0 saturated carbocycles. The SMILES string of the molecule is CCC(C)(CC)N([O-])CNC1=C2C=CC=CC2Cc2ccccc21. The lowest BCUT2D eigenvalue weighted by molar-refractivity contribution is 0.148. The van der Waals surface area contributed by atoms with Crippen molar-refractivity contribution in [2.75, 3.05) is 6.67 Å². The standard InChI is InChI=1S/C21H27N2O/c1-4-21(3,5-2)23(24)15-22-20-18-12-8-6-10-16(18)14-17-11-7-9-13-19(17)20/h6-13,16,22H,4-5,14-15H2,1-3H3/q-1. The average molecular weight is 323 g/mol. The maximum absolute atomic E-state index is 12.6. The van der Waals surface area contributed by atoms with Crippen molar-refractivity contribution >= 4 is 5.70 Å². The average Bonchev–Trinajstić information content (AvgIpc) is 2.64. The first-order valence-corrected chi connectivity index (χ1v) is 8.95. The van der Waals surface area contributed by atoms with Gasteiger partial charge in [-0.3, -0.25) is 0 Å². The molecule has 24 heavy (non-hydrogen) atoms. The molecule has 0 bridgehead atoms. The van der Waals surface area contributed by atoms with Crippen LogP contribution in [0.5, 0.6) is 0 Å². The van der Waals surface area contributed by atoms with Crippen LogP contribution in [0.15, 0.2) is 54.1 Å². The van der Waals surface area contributed by atoms with E-state index in [2.05, 4.69) is 67.7 Å². The first kappa shape index (κ1) is 17.0. The van der Waals surface area contributed by atoms with Crippen LogP contribution in [0.1, 0.15) is 44.7 Å². The summed E-state index contributed by atoms with van der Waals surface area (Å²) in [6, 6.07) is 8.51. The van der Waals surface area contributed by atoms with E-state index in [1.807, 2.05) is 6.92 Å². The number of nitrogens with zero attached hydrogens (tertiary/aromatic N) is 1. The summed E-state index contributed by atoms with van der Waals surface area (Å²) in [6.45, 7) is 6.52. The van der Waals surface area contributed by atoms with Gasteiger partial charge in [0.2, 0.25) is 0 Å². The summed E-state index contributed by atoms with van der Waals surface area (Å²) in [5.41, 5.74) is 4.66. The minimum Gasteiger partial charge on any atom is -0.784 e. The van der Waals surface area contributed by atoms with Crippen molar-refractivity contribution in [3.05, 3.63) is 70.5 Å². The van der Waals surface area contributed by atoms with E-state index >= 15 is 0 Å². The van der Waals surface area contributed by atoms with Crippen LogP contribution in [0, 0.1) is 11.1 Å². The number of hydrogen-bond donors (Lipinski definition) is 1. The molecule has 3 nitrogen and oxygen atoms in total. The zero-order chi connectivity index (χ0) is 17.2. The molecule has 1 aromatic carbocycles. The number of allylic oxidation sites excluding steroid dienone is 5. The van der Waals surface area contributed by atoms with Gasteiger partial charge in [0.1, 0.15) is 0 Å². The molecular weight excluding hydrogens is 296 g/mol. The van der Waals surface area contributed by atoms with Gasteiger partial charge >= 0.3 is 0 Å². The predicted octanol–water partition coefficient (Wildman–Crippen LogP) is 4.62. The van der Waals surface area contributed by atoms with Crippen LogP contribution in [0.2, 0.25) is 0 Å². The quantitative estimate of drug-likeness (QED) is 0.613. The molecule has 0 amide bonds. The molecule has 0 saturated heterocycles. The monoisotopic (exact) mass is 323 g/mol. The van der Waals surface area contributed by atoms with E-state index in [4.69, 9.17) is 0 Å². The third-order valence-electron chi connectivity index (χ3n) is 5.67. The van der Waals surface area contributed by atoms with Gasteiger partial charge in [0.25, 0.3) is 0 Å². The molecule has 0 aromatic heterocycles. The van der Waals surface area contributed by atoms with Crippen molar-refractivity contribution in [1.29, 1.82) is 0 Å². The van der Waals surface area contributed by atoms with Gasteiger partial charge < -0.3 is 15.6 Å². The van der Waals surface area contributed by atoms with Crippen LogP contribution in [-0.2, 0) is 6.42 Å². The topological polar surface area (TPSA) is 38.3 Å². The largest absolute Gasteiger partial charge is 0.784 e. The van der Waals surface area contributed by atoms with Crippen LogP contribution in [0.25, 0.3) is 5.70 Å². The van der Waals surface area contributed by atoms with E-state index in [1.165, 1.54) is 21.8 Å². The summed E-state index contributed by atoms with van der Waals surface area (Å²) < 4.78 is 0. The second kappa shape index (κ2) is 6.96. The Morgan fingerprint density at radius 3 is 2.71 bits per heavy atom. The Morgan fingerprint density at radius 2 is 1.96 bits per heavy atom. The van der Waals surface area contributed by atoms with Crippen molar-refractivity contribution in [3.8, 4) is 0 Å². The van der Waals surface area contributed by atoms with Gasteiger partial charge in [0.05, 0.1) is 6.67 Å². The lowest BCUT2D eigenvalue weighted by atomic mass is 9.79. The Labute approximate surface area is 145 Å². The summed E-state index contributed by atoms with van der Waals surface area (Å²) in [5, 5.41) is 17.3. The van der Waals surface area contributed by atoms with Crippen molar-refractivity contribution in [2.45, 2.75) is 45.6 Å². The number of hydrogen-bond acceptors (Lipinski definition) is 3. The van der Waals surface area contributed by atoms with Gasteiger partial charge in [0, 0.05) is 22.7 Å². The molecule has 0 heterocycles. The van der Waals surface area contributed by atoms with E-state index in [-0.39, 0.29) is 5.54 Å². The third-order valence-corrected chi connectivity index (χ3v) is 5.67. The number of benzene rings is 1. The van der Waals surface area contributed by atoms with Gasteiger partial charge in [-0.25, -0.2) is 0 Å². The summed E-state index contributed by atoms with van der Waals surface area (Å²) in [7, 11) is 0. The zero-order valence-electron chi connectivity index (χ0n) is 14.9. The van der Waals surface area contributed by atoms with Gasteiger partial charge in [-0.1, -0.05) is 62.4 Å². The highest BCUT2D eigenvalue weighted by Gasteiger charge is 2.26. The van der Waals surface area contributed by atoms with E-state index < -0.39 is 0 Å². The molecular formula is C21H27N2O-. The highest BCUT2D eigenvalue weighted by molar-refractivity contribution is 5.75. The predicted molar refractivity (Wildman–Crippen MR) is 101 cm³/mol. The molecule has 1 N–H and O–H groups in total. The molecule has 1 atom stereocenters. The minimum atomic E-state index is -0.311. The molecule has 1 aromatic rings. The van der Waals surface area contributed by atoms with Gasteiger partial charge in [-0.2, -0.15) is 0 Å². The van der Waals surface area contributed by atoms with E-state index in [1.54, 1.807) is 0 Å². The fourth-order valence-electron chi connectivity index (χ4n) is 3.51. The molecule has 0 fully saturated rings. The fourth-order valence-corrected chi connectivity index (χ4v) is 3.51. The Balaban J connectivity index is 1.88. The number of hydroxylamine groups is 2. The Kier molecular flexibility index (Phi) is 4.93. The molecule has 0 aliphatic heterocycles. The molecule has 1 unspecified atom stereocenters. The normalized spacial score (nSPS) is 19.5. The molecule has 128 valence electrons. The van der Waals surface area contributed by atoms with Gasteiger partial charge in [-0.05, 0) is 37.3 Å². The van der Waals surface area contributed by atoms with Crippen LogP contribution in [0.3, 0.4) is 0 Å². The molecule has 2 aliphatic carbocycles. The maximum atomic E-state index is 12.6.